The van der Waals surface area contributed by atoms with E-state index >= 15 is 0 Å². The van der Waals surface area contributed by atoms with E-state index in [1.165, 1.54) is 11.8 Å². The first-order valence-corrected chi connectivity index (χ1v) is 9.12. The van der Waals surface area contributed by atoms with Gasteiger partial charge in [-0.25, -0.2) is 0 Å². The Morgan fingerprint density at radius 2 is 2.08 bits per heavy atom. The SMILES string of the molecule is CCCCNC(=O)CSc1nnc(COc2ccc(Cl)cc2)n1C. The molecule has 1 heterocycles. The molecule has 1 amide bonds. The number of aromatic nitrogens is 3. The smallest absolute Gasteiger partial charge is 0.230 e. The van der Waals surface area contributed by atoms with Crippen molar-refractivity contribution in [2.24, 2.45) is 7.05 Å². The lowest BCUT2D eigenvalue weighted by Crippen LogP contribution is -2.26. The van der Waals surface area contributed by atoms with Crippen LogP contribution in [0.3, 0.4) is 0 Å². The van der Waals surface area contributed by atoms with Crippen molar-refractivity contribution in [1.82, 2.24) is 20.1 Å². The number of hydrogen-bond donors (Lipinski definition) is 1. The van der Waals surface area contributed by atoms with Crippen molar-refractivity contribution in [2.45, 2.75) is 31.5 Å². The number of nitrogens with one attached hydrogen (secondary N) is 1. The number of thioether (sulfide) groups is 1. The quantitative estimate of drug-likeness (QED) is 0.544. The van der Waals surface area contributed by atoms with Crippen LogP contribution in [0.15, 0.2) is 29.4 Å². The lowest BCUT2D eigenvalue weighted by molar-refractivity contribution is -0.118. The molecule has 0 aliphatic heterocycles. The zero-order chi connectivity index (χ0) is 17.4. The fourth-order valence-electron chi connectivity index (χ4n) is 1.86. The van der Waals surface area contributed by atoms with Gasteiger partial charge in [0.05, 0.1) is 5.75 Å². The normalized spacial score (nSPS) is 10.6. The maximum Gasteiger partial charge on any atom is 0.230 e. The minimum Gasteiger partial charge on any atom is -0.486 e. The van der Waals surface area contributed by atoms with E-state index in [4.69, 9.17) is 16.3 Å². The van der Waals surface area contributed by atoms with E-state index in [-0.39, 0.29) is 5.91 Å². The molecule has 0 spiro atoms. The number of benzene rings is 1. The average Bonchev–Trinajstić information content (AvgIpc) is 2.93. The molecule has 1 aromatic heterocycles. The van der Waals surface area contributed by atoms with Gasteiger partial charge in [0.1, 0.15) is 12.4 Å². The first-order valence-electron chi connectivity index (χ1n) is 7.76. The standard InChI is InChI=1S/C16H21ClN4O2S/c1-3-4-9-18-15(22)11-24-16-20-19-14(21(16)2)10-23-13-7-5-12(17)6-8-13/h5-8H,3-4,9-11H2,1-2H3,(H,18,22). The van der Waals surface area contributed by atoms with Gasteiger partial charge in [0.2, 0.25) is 5.91 Å². The summed E-state index contributed by atoms with van der Waals surface area (Å²) in [7, 11) is 1.86. The first kappa shape index (κ1) is 18.6. The zero-order valence-electron chi connectivity index (χ0n) is 13.8. The third-order valence-corrected chi connectivity index (χ3v) is 4.56. The molecule has 1 aromatic carbocycles. The summed E-state index contributed by atoms with van der Waals surface area (Å²) in [6, 6.07) is 7.14. The molecule has 6 nitrogen and oxygen atoms in total. The van der Waals surface area contributed by atoms with Crippen LogP contribution in [0.25, 0.3) is 0 Å². The summed E-state index contributed by atoms with van der Waals surface area (Å²) in [5.74, 6) is 1.74. The van der Waals surface area contributed by atoms with Crippen LogP contribution in [0.4, 0.5) is 0 Å². The number of carbonyl (C=O) groups is 1. The van der Waals surface area contributed by atoms with E-state index in [1.54, 1.807) is 24.3 Å². The minimum atomic E-state index is 0.00964. The van der Waals surface area contributed by atoms with Crippen molar-refractivity contribution < 1.29 is 9.53 Å². The Morgan fingerprint density at radius 3 is 2.79 bits per heavy atom. The maximum absolute atomic E-state index is 11.7. The number of amides is 1. The molecule has 2 aromatic rings. The molecule has 0 radical (unpaired) electrons. The van der Waals surface area contributed by atoms with Gasteiger partial charge < -0.3 is 14.6 Å². The predicted molar refractivity (Wildman–Crippen MR) is 95.4 cm³/mol. The fraction of sp³-hybridized carbons (Fsp3) is 0.438. The Balaban J connectivity index is 1.82. The van der Waals surface area contributed by atoms with Crippen LogP contribution in [0.5, 0.6) is 5.75 Å². The van der Waals surface area contributed by atoms with Crippen LogP contribution in [-0.2, 0) is 18.4 Å². The molecular weight excluding hydrogens is 348 g/mol. The molecular formula is C16H21ClN4O2S. The molecule has 0 aliphatic rings. The van der Waals surface area contributed by atoms with Crippen LogP contribution in [0.2, 0.25) is 5.02 Å². The molecule has 0 fully saturated rings. The van der Waals surface area contributed by atoms with Gasteiger partial charge in [0.25, 0.3) is 0 Å². The molecule has 24 heavy (non-hydrogen) atoms. The Kier molecular flexibility index (Phi) is 7.39. The highest BCUT2D eigenvalue weighted by Gasteiger charge is 2.11. The minimum absolute atomic E-state index is 0.00964. The van der Waals surface area contributed by atoms with Gasteiger partial charge in [-0.1, -0.05) is 36.7 Å². The molecule has 130 valence electrons. The van der Waals surface area contributed by atoms with E-state index in [9.17, 15) is 4.79 Å². The van der Waals surface area contributed by atoms with E-state index in [2.05, 4.69) is 22.4 Å². The summed E-state index contributed by atoms with van der Waals surface area (Å²) in [5.41, 5.74) is 0. The Labute approximate surface area is 150 Å². The number of nitrogens with zero attached hydrogens (tertiary/aromatic N) is 3. The molecule has 0 unspecified atom stereocenters. The Hall–Kier alpha value is -1.73. The fourth-order valence-corrected chi connectivity index (χ4v) is 2.75. The highest BCUT2D eigenvalue weighted by atomic mass is 35.5. The molecule has 8 heteroatoms. The second-order valence-electron chi connectivity index (χ2n) is 5.19. The molecule has 1 N–H and O–H groups in total. The average molecular weight is 369 g/mol. The maximum atomic E-state index is 11.7. The topological polar surface area (TPSA) is 69.0 Å². The number of hydrogen-bond acceptors (Lipinski definition) is 5. The summed E-state index contributed by atoms with van der Waals surface area (Å²) >= 11 is 7.20. The van der Waals surface area contributed by atoms with E-state index < -0.39 is 0 Å². The molecule has 0 saturated heterocycles. The van der Waals surface area contributed by atoms with Crippen molar-refractivity contribution in [3.8, 4) is 5.75 Å². The number of unbranched alkanes of at least 4 members (excludes halogenated alkanes) is 1. The monoisotopic (exact) mass is 368 g/mol. The lowest BCUT2D eigenvalue weighted by atomic mass is 10.3. The van der Waals surface area contributed by atoms with Crippen molar-refractivity contribution in [2.75, 3.05) is 12.3 Å². The van der Waals surface area contributed by atoms with Crippen LogP contribution >= 0.6 is 23.4 Å². The largest absolute Gasteiger partial charge is 0.486 e. The van der Waals surface area contributed by atoms with Crippen LogP contribution in [-0.4, -0.2) is 33.0 Å². The summed E-state index contributed by atoms with van der Waals surface area (Å²) < 4.78 is 7.49. The first-order chi connectivity index (χ1) is 11.6. The highest BCUT2D eigenvalue weighted by Crippen LogP contribution is 2.18. The van der Waals surface area contributed by atoms with Gasteiger partial charge in [-0.3, -0.25) is 4.79 Å². The third kappa shape index (κ3) is 5.72. The van der Waals surface area contributed by atoms with Gasteiger partial charge >= 0.3 is 0 Å². The Morgan fingerprint density at radius 1 is 1.33 bits per heavy atom. The summed E-state index contributed by atoms with van der Waals surface area (Å²) in [6.45, 7) is 3.11. The molecule has 0 bridgehead atoms. The summed E-state index contributed by atoms with van der Waals surface area (Å²) in [4.78, 5) is 11.7. The Bertz CT molecular complexity index is 661. The highest BCUT2D eigenvalue weighted by molar-refractivity contribution is 7.99. The van der Waals surface area contributed by atoms with Crippen LogP contribution in [0, 0.1) is 0 Å². The second kappa shape index (κ2) is 9.54. The van der Waals surface area contributed by atoms with E-state index in [0.717, 1.165) is 19.4 Å². The van der Waals surface area contributed by atoms with Gasteiger partial charge in [0, 0.05) is 18.6 Å². The number of ether oxygens (including phenoxy) is 1. The predicted octanol–water partition coefficient (Wildman–Crippen LogP) is 3.06. The van der Waals surface area contributed by atoms with Crippen molar-refractivity contribution in [1.29, 1.82) is 0 Å². The third-order valence-electron chi connectivity index (χ3n) is 3.29. The van der Waals surface area contributed by atoms with Gasteiger partial charge in [0.15, 0.2) is 11.0 Å². The van der Waals surface area contributed by atoms with Crippen LogP contribution < -0.4 is 10.1 Å². The van der Waals surface area contributed by atoms with Gasteiger partial charge in [-0.05, 0) is 30.7 Å². The number of carbonyl (C=O) groups excluding carboxylic acids is 1. The molecule has 0 aliphatic carbocycles. The molecule has 0 saturated carbocycles. The van der Waals surface area contributed by atoms with Crippen LogP contribution in [0.1, 0.15) is 25.6 Å². The molecule has 0 atom stereocenters. The summed E-state index contributed by atoms with van der Waals surface area (Å²) in [6.07, 6.45) is 2.06. The summed E-state index contributed by atoms with van der Waals surface area (Å²) in [5, 5.41) is 12.4. The van der Waals surface area contributed by atoms with E-state index in [0.29, 0.717) is 34.1 Å². The van der Waals surface area contributed by atoms with Crippen molar-refractivity contribution in [3.05, 3.63) is 35.1 Å². The van der Waals surface area contributed by atoms with Crippen molar-refractivity contribution >= 4 is 29.3 Å². The van der Waals surface area contributed by atoms with E-state index in [1.807, 2.05) is 11.6 Å². The lowest BCUT2D eigenvalue weighted by Gasteiger charge is -2.07. The van der Waals surface area contributed by atoms with Gasteiger partial charge in [-0.15, -0.1) is 10.2 Å². The zero-order valence-corrected chi connectivity index (χ0v) is 15.4. The van der Waals surface area contributed by atoms with Crippen molar-refractivity contribution in [3.63, 3.8) is 0 Å². The number of halogens is 1. The molecule has 2 rings (SSSR count). The second-order valence-corrected chi connectivity index (χ2v) is 6.57. The van der Waals surface area contributed by atoms with Gasteiger partial charge in [-0.2, -0.15) is 0 Å². The number of rotatable bonds is 9.